The minimum atomic E-state index is 0.127. The van der Waals surface area contributed by atoms with Crippen LogP contribution in [0.1, 0.15) is 37.8 Å². The van der Waals surface area contributed by atoms with E-state index in [1.165, 1.54) is 30.4 Å². The quantitative estimate of drug-likeness (QED) is 0.660. The van der Waals surface area contributed by atoms with Gasteiger partial charge in [0.2, 0.25) is 0 Å². The molecule has 1 aliphatic carbocycles. The van der Waals surface area contributed by atoms with E-state index in [4.69, 9.17) is 5.73 Å². The summed E-state index contributed by atoms with van der Waals surface area (Å²) in [5.74, 6) is 0.520. The molecule has 4 heteroatoms. The number of thioether (sulfide) groups is 1. The normalized spacial score (nSPS) is 15.8. The molecular formula is C16H25N3S. The molecule has 0 unspecified atom stereocenters. The Labute approximate surface area is 126 Å². The monoisotopic (exact) mass is 291 g/mol. The van der Waals surface area contributed by atoms with Crippen molar-refractivity contribution < 1.29 is 0 Å². The number of guanidine groups is 1. The molecule has 110 valence electrons. The van der Waals surface area contributed by atoms with Gasteiger partial charge in [0.05, 0.1) is 6.54 Å². The Morgan fingerprint density at radius 3 is 2.85 bits per heavy atom. The third kappa shape index (κ3) is 3.92. The summed E-state index contributed by atoms with van der Waals surface area (Å²) in [6.07, 6.45) is 6.99. The van der Waals surface area contributed by atoms with Gasteiger partial charge < -0.3 is 11.1 Å². The number of nitrogens with two attached hydrogens (primary N) is 1. The van der Waals surface area contributed by atoms with Crippen LogP contribution in [0.15, 0.2) is 23.2 Å². The summed E-state index contributed by atoms with van der Waals surface area (Å²) in [4.78, 5) is 4.47. The molecule has 0 aromatic heterocycles. The van der Waals surface area contributed by atoms with Gasteiger partial charge in [-0.25, -0.2) is 0 Å². The Morgan fingerprint density at radius 1 is 1.35 bits per heavy atom. The fourth-order valence-electron chi connectivity index (χ4n) is 2.42. The molecule has 2 rings (SSSR count). The highest BCUT2D eigenvalue weighted by Gasteiger charge is 2.16. The number of nitrogens with one attached hydrogen (secondary N) is 1. The molecule has 3 nitrogen and oxygen atoms in total. The Kier molecular flexibility index (Phi) is 4.97. The molecular weight excluding hydrogens is 266 g/mol. The van der Waals surface area contributed by atoms with E-state index in [0.717, 1.165) is 18.7 Å². The minimum absolute atomic E-state index is 0.127. The van der Waals surface area contributed by atoms with Crippen molar-refractivity contribution in [1.82, 2.24) is 0 Å². The zero-order valence-corrected chi connectivity index (χ0v) is 13.5. The third-order valence-corrected chi connectivity index (χ3v) is 5.08. The molecule has 0 heterocycles. The van der Waals surface area contributed by atoms with E-state index in [2.05, 4.69) is 48.6 Å². The van der Waals surface area contributed by atoms with E-state index in [9.17, 15) is 0 Å². The molecule has 1 aromatic rings. The Balaban J connectivity index is 2.08. The molecule has 0 atom stereocenters. The second kappa shape index (κ2) is 6.53. The van der Waals surface area contributed by atoms with E-state index in [-0.39, 0.29) is 4.75 Å². The summed E-state index contributed by atoms with van der Waals surface area (Å²) in [5, 5.41) is 3.29. The van der Waals surface area contributed by atoms with Crippen molar-refractivity contribution in [3.8, 4) is 0 Å². The van der Waals surface area contributed by atoms with Gasteiger partial charge in [-0.3, -0.25) is 4.99 Å². The van der Waals surface area contributed by atoms with Gasteiger partial charge in [-0.15, -0.1) is 0 Å². The zero-order valence-electron chi connectivity index (χ0n) is 12.7. The third-order valence-electron chi connectivity index (χ3n) is 3.84. The van der Waals surface area contributed by atoms with Gasteiger partial charge in [0.15, 0.2) is 5.96 Å². The summed E-state index contributed by atoms with van der Waals surface area (Å²) in [7, 11) is 0. The van der Waals surface area contributed by atoms with Crippen LogP contribution in [0.25, 0.3) is 0 Å². The van der Waals surface area contributed by atoms with Crippen molar-refractivity contribution >= 4 is 23.4 Å². The topological polar surface area (TPSA) is 50.4 Å². The maximum atomic E-state index is 6.03. The van der Waals surface area contributed by atoms with Crippen molar-refractivity contribution in [3.63, 3.8) is 0 Å². The summed E-state index contributed by atoms with van der Waals surface area (Å²) in [5.41, 5.74) is 10.0. The second-order valence-electron chi connectivity index (χ2n) is 5.94. The van der Waals surface area contributed by atoms with Gasteiger partial charge in [0, 0.05) is 10.4 Å². The van der Waals surface area contributed by atoms with Gasteiger partial charge in [0.25, 0.3) is 0 Å². The fraction of sp³-hybridized carbons (Fsp3) is 0.562. The molecule has 0 amide bonds. The summed E-state index contributed by atoms with van der Waals surface area (Å²) < 4.78 is 0.127. The average molecular weight is 291 g/mol. The molecule has 3 N–H and O–H groups in total. The van der Waals surface area contributed by atoms with Gasteiger partial charge in [-0.2, -0.15) is 11.8 Å². The first-order chi connectivity index (χ1) is 9.52. The Bertz CT molecular complexity index is 494. The first-order valence-corrected chi connectivity index (χ1v) is 8.47. The maximum Gasteiger partial charge on any atom is 0.193 e. The molecule has 1 aromatic carbocycles. The van der Waals surface area contributed by atoms with Crippen LogP contribution in [0, 0.1) is 0 Å². The average Bonchev–Trinajstić information content (AvgIpc) is 2.46. The summed E-state index contributed by atoms with van der Waals surface area (Å²) in [6.45, 7) is 5.08. The molecule has 1 aliphatic rings. The molecule has 0 fully saturated rings. The van der Waals surface area contributed by atoms with E-state index in [1.54, 1.807) is 0 Å². The van der Waals surface area contributed by atoms with Crippen LogP contribution in [0.2, 0.25) is 0 Å². The lowest BCUT2D eigenvalue weighted by Gasteiger charge is -2.21. The van der Waals surface area contributed by atoms with Crippen LogP contribution < -0.4 is 11.1 Å². The van der Waals surface area contributed by atoms with Crippen LogP contribution in [0.4, 0.5) is 5.69 Å². The number of aliphatic imine (C=N–C) groups is 1. The maximum absolute atomic E-state index is 6.03. The number of anilines is 1. The second-order valence-corrected chi connectivity index (χ2v) is 7.45. The number of hydrogen-bond donors (Lipinski definition) is 2. The van der Waals surface area contributed by atoms with Crippen molar-refractivity contribution in [2.75, 3.05) is 18.1 Å². The fourth-order valence-corrected chi connectivity index (χ4v) is 2.61. The van der Waals surface area contributed by atoms with Crippen LogP contribution in [-0.4, -0.2) is 23.5 Å². The van der Waals surface area contributed by atoms with Crippen LogP contribution in [0.3, 0.4) is 0 Å². The van der Waals surface area contributed by atoms with Gasteiger partial charge >= 0.3 is 0 Å². The first-order valence-electron chi connectivity index (χ1n) is 7.25. The lowest BCUT2D eigenvalue weighted by molar-refractivity contribution is 0.687. The van der Waals surface area contributed by atoms with Crippen LogP contribution in [0.5, 0.6) is 0 Å². The van der Waals surface area contributed by atoms with E-state index in [1.807, 2.05) is 11.8 Å². The van der Waals surface area contributed by atoms with E-state index < -0.39 is 0 Å². The first kappa shape index (κ1) is 15.2. The standard InChI is InChI=1S/C16H25N3S/c1-16(2,20-3)11-18-15(17)19-14-10-6-8-12-7-4-5-9-13(12)14/h6,8,10H,4-5,7,9,11H2,1-3H3,(H3,17,18,19). The predicted molar refractivity (Wildman–Crippen MR) is 90.8 cm³/mol. The van der Waals surface area contributed by atoms with Crippen molar-refractivity contribution in [1.29, 1.82) is 0 Å². The van der Waals surface area contributed by atoms with Crippen molar-refractivity contribution in [2.24, 2.45) is 10.7 Å². The number of aryl methyl sites for hydroxylation is 1. The van der Waals surface area contributed by atoms with Crippen LogP contribution >= 0.6 is 11.8 Å². The molecule has 0 radical (unpaired) electrons. The van der Waals surface area contributed by atoms with Gasteiger partial charge in [-0.05, 0) is 63.0 Å². The number of hydrogen-bond acceptors (Lipinski definition) is 2. The smallest absolute Gasteiger partial charge is 0.193 e. The zero-order chi connectivity index (χ0) is 14.6. The Hall–Kier alpha value is -1.16. The lowest BCUT2D eigenvalue weighted by atomic mass is 9.90. The molecule has 0 spiro atoms. The van der Waals surface area contributed by atoms with E-state index in [0.29, 0.717) is 5.96 Å². The number of nitrogens with zero attached hydrogens (tertiary/aromatic N) is 1. The summed E-state index contributed by atoms with van der Waals surface area (Å²) >= 11 is 1.81. The number of benzene rings is 1. The number of rotatable bonds is 4. The summed E-state index contributed by atoms with van der Waals surface area (Å²) in [6, 6.07) is 6.43. The van der Waals surface area contributed by atoms with Gasteiger partial charge in [-0.1, -0.05) is 12.1 Å². The molecule has 20 heavy (non-hydrogen) atoms. The van der Waals surface area contributed by atoms with Gasteiger partial charge in [0.1, 0.15) is 0 Å². The highest BCUT2D eigenvalue weighted by molar-refractivity contribution is 7.99. The largest absolute Gasteiger partial charge is 0.370 e. The SMILES string of the molecule is CSC(C)(C)CN=C(N)Nc1cccc2c1CCCC2. The number of fused-ring (bicyclic) bond motifs is 1. The molecule has 0 bridgehead atoms. The van der Waals surface area contributed by atoms with Crippen LogP contribution in [-0.2, 0) is 12.8 Å². The molecule has 0 saturated carbocycles. The highest BCUT2D eigenvalue weighted by Crippen LogP contribution is 2.27. The lowest BCUT2D eigenvalue weighted by Crippen LogP contribution is -2.27. The van der Waals surface area contributed by atoms with Crippen molar-refractivity contribution in [3.05, 3.63) is 29.3 Å². The highest BCUT2D eigenvalue weighted by atomic mass is 32.2. The Morgan fingerprint density at radius 2 is 2.10 bits per heavy atom. The predicted octanol–water partition coefficient (Wildman–Crippen LogP) is 3.43. The van der Waals surface area contributed by atoms with E-state index >= 15 is 0 Å². The molecule has 0 aliphatic heterocycles. The molecule has 0 saturated heterocycles. The minimum Gasteiger partial charge on any atom is -0.370 e. The van der Waals surface area contributed by atoms with Crippen molar-refractivity contribution in [2.45, 2.75) is 44.3 Å².